The van der Waals surface area contributed by atoms with Gasteiger partial charge in [0.2, 0.25) is 5.91 Å². The summed E-state index contributed by atoms with van der Waals surface area (Å²) in [4.78, 5) is 19.2. The highest BCUT2D eigenvalue weighted by atomic mass is 16.5. The molecule has 0 aliphatic carbocycles. The van der Waals surface area contributed by atoms with Gasteiger partial charge in [-0.15, -0.1) is 0 Å². The summed E-state index contributed by atoms with van der Waals surface area (Å²) >= 11 is 0. The lowest BCUT2D eigenvalue weighted by Gasteiger charge is -2.36. The highest BCUT2D eigenvalue weighted by Gasteiger charge is 2.22. The molecule has 31 heavy (non-hydrogen) atoms. The van der Waals surface area contributed by atoms with E-state index in [4.69, 9.17) is 4.74 Å². The molecule has 0 unspecified atom stereocenters. The predicted molar refractivity (Wildman–Crippen MR) is 124 cm³/mol. The topological polar surface area (TPSA) is 53.8 Å². The SMILES string of the molecule is COc1ccc(-c2cn(CC(=O)N3CCN(c4ccccc4)CC3)nc2N(C)C)cc1. The molecule has 0 saturated carbocycles. The summed E-state index contributed by atoms with van der Waals surface area (Å²) in [5, 5.41) is 4.68. The van der Waals surface area contributed by atoms with Crippen LogP contribution in [-0.2, 0) is 11.3 Å². The summed E-state index contributed by atoms with van der Waals surface area (Å²) < 4.78 is 7.01. The van der Waals surface area contributed by atoms with Gasteiger partial charge in [0.1, 0.15) is 12.3 Å². The van der Waals surface area contributed by atoms with Crippen molar-refractivity contribution in [2.45, 2.75) is 6.54 Å². The van der Waals surface area contributed by atoms with Crippen molar-refractivity contribution >= 4 is 17.4 Å². The Kier molecular flexibility index (Phi) is 6.11. The molecule has 0 bridgehead atoms. The Labute approximate surface area is 183 Å². The summed E-state index contributed by atoms with van der Waals surface area (Å²) in [6.45, 7) is 3.37. The Balaban J connectivity index is 1.43. The second-order valence-electron chi connectivity index (χ2n) is 7.89. The zero-order valence-corrected chi connectivity index (χ0v) is 18.4. The summed E-state index contributed by atoms with van der Waals surface area (Å²) in [5.41, 5.74) is 3.25. The second kappa shape index (κ2) is 9.12. The standard InChI is InChI=1S/C24H29N5O2/c1-26(2)24-22(19-9-11-21(31-3)12-10-19)17-29(25-24)18-23(30)28-15-13-27(14-16-28)20-7-5-4-6-8-20/h4-12,17H,13-16,18H2,1-3H3. The van der Waals surface area contributed by atoms with Crippen molar-refractivity contribution in [1.29, 1.82) is 0 Å². The molecule has 7 nitrogen and oxygen atoms in total. The number of ether oxygens (including phenoxy) is 1. The van der Waals surface area contributed by atoms with Crippen LogP contribution < -0.4 is 14.5 Å². The van der Waals surface area contributed by atoms with Crippen LogP contribution in [0.1, 0.15) is 0 Å². The summed E-state index contributed by atoms with van der Waals surface area (Å²) in [6.07, 6.45) is 1.95. The summed E-state index contributed by atoms with van der Waals surface area (Å²) in [6, 6.07) is 18.2. The van der Waals surface area contributed by atoms with E-state index >= 15 is 0 Å². The molecule has 3 aromatic rings. The molecule has 2 heterocycles. The predicted octanol–water partition coefficient (Wildman–Crippen LogP) is 2.97. The third-order valence-electron chi connectivity index (χ3n) is 5.62. The van der Waals surface area contributed by atoms with E-state index in [0.29, 0.717) is 0 Å². The minimum absolute atomic E-state index is 0.0989. The van der Waals surface area contributed by atoms with Crippen molar-refractivity contribution in [2.75, 3.05) is 57.2 Å². The van der Waals surface area contributed by atoms with E-state index in [9.17, 15) is 4.79 Å². The minimum Gasteiger partial charge on any atom is -0.497 e. The first-order valence-electron chi connectivity index (χ1n) is 10.5. The molecule has 1 aliphatic rings. The fourth-order valence-electron chi connectivity index (χ4n) is 3.89. The van der Waals surface area contributed by atoms with Gasteiger partial charge in [-0.2, -0.15) is 5.10 Å². The molecule has 0 atom stereocenters. The quantitative estimate of drug-likeness (QED) is 0.615. The van der Waals surface area contributed by atoms with E-state index in [1.165, 1.54) is 5.69 Å². The lowest BCUT2D eigenvalue weighted by Crippen LogP contribution is -2.49. The highest BCUT2D eigenvalue weighted by Crippen LogP contribution is 2.30. The van der Waals surface area contributed by atoms with Gasteiger partial charge >= 0.3 is 0 Å². The third-order valence-corrected chi connectivity index (χ3v) is 5.62. The maximum atomic E-state index is 12.9. The molecular formula is C24H29N5O2. The lowest BCUT2D eigenvalue weighted by atomic mass is 10.1. The number of rotatable bonds is 6. The number of hydrogen-bond donors (Lipinski definition) is 0. The second-order valence-corrected chi connectivity index (χ2v) is 7.89. The van der Waals surface area contributed by atoms with Crippen molar-refractivity contribution in [3.8, 4) is 16.9 Å². The number of anilines is 2. The van der Waals surface area contributed by atoms with E-state index in [-0.39, 0.29) is 12.5 Å². The van der Waals surface area contributed by atoms with E-state index in [2.05, 4.69) is 22.1 Å². The first-order valence-corrected chi connectivity index (χ1v) is 10.5. The molecule has 162 valence electrons. The van der Waals surface area contributed by atoms with Crippen LogP contribution in [0.3, 0.4) is 0 Å². The normalized spacial score (nSPS) is 13.9. The van der Waals surface area contributed by atoms with Crippen LogP contribution in [0.25, 0.3) is 11.1 Å². The molecular weight excluding hydrogens is 390 g/mol. The zero-order valence-electron chi connectivity index (χ0n) is 18.4. The van der Waals surface area contributed by atoms with Crippen LogP contribution in [0.15, 0.2) is 60.8 Å². The highest BCUT2D eigenvalue weighted by molar-refractivity contribution is 5.78. The number of carbonyl (C=O) groups is 1. The fraction of sp³-hybridized carbons (Fsp3) is 0.333. The molecule has 2 aromatic carbocycles. The van der Waals surface area contributed by atoms with Gasteiger partial charge in [0.25, 0.3) is 0 Å². The van der Waals surface area contributed by atoms with Gasteiger partial charge in [-0.3, -0.25) is 9.48 Å². The van der Waals surface area contributed by atoms with Crippen molar-refractivity contribution in [1.82, 2.24) is 14.7 Å². The smallest absolute Gasteiger partial charge is 0.244 e. The number of hydrogen-bond acceptors (Lipinski definition) is 5. The molecule has 1 fully saturated rings. The number of aromatic nitrogens is 2. The first-order chi connectivity index (χ1) is 15.0. The van der Waals surface area contributed by atoms with Crippen LogP contribution in [0.5, 0.6) is 5.75 Å². The van der Waals surface area contributed by atoms with Crippen molar-refractivity contribution < 1.29 is 9.53 Å². The van der Waals surface area contributed by atoms with Gasteiger partial charge in [0, 0.05) is 57.7 Å². The molecule has 0 N–H and O–H groups in total. The van der Waals surface area contributed by atoms with Gasteiger partial charge < -0.3 is 19.4 Å². The van der Waals surface area contributed by atoms with Gasteiger partial charge in [-0.25, -0.2) is 0 Å². The average molecular weight is 420 g/mol. The van der Waals surface area contributed by atoms with Gasteiger partial charge in [0.15, 0.2) is 5.82 Å². The lowest BCUT2D eigenvalue weighted by molar-refractivity contribution is -0.132. The average Bonchev–Trinajstić information content (AvgIpc) is 3.24. The van der Waals surface area contributed by atoms with E-state index in [1.807, 2.05) is 72.6 Å². The Bertz CT molecular complexity index is 1010. The largest absolute Gasteiger partial charge is 0.497 e. The Morgan fingerprint density at radius 1 is 1.00 bits per heavy atom. The van der Waals surface area contributed by atoms with Crippen LogP contribution in [-0.4, -0.2) is 68.0 Å². The number of para-hydroxylation sites is 1. The number of nitrogens with zero attached hydrogens (tertiary/aromatic N) is 5. The van der Waals surface area contributed by atoms with Crippen LogP contribution in [0.4, 0.5) is 11.5 Å². The number of amides is 1. The monoisotopic (exact) mass is 419 g/mol. The maximum absolute atomic E-state index is 12.9. The zero-order chi connectivity index (χ0) is 21.8. The summed E-state index contributed by atoms with van der Waals surface area (Å²) in [5.74, 6) is 1.75. The van der Waals surface area contributed by atoms with E-state index in [0.717, 1.165) is 48.9 Å². The molecule has 1 saturated heterocycles. The van der Waals surface area contributed by atoms with E-state index in [1.54, 1.807) is 11.8 Å². The molecule has 7 heteroatoms. The Morgan fingerprint density at radius 3 is 2.29 bits per heavy atom. The van der Waals surface area contributed by atoms with Crippen LogP contribution in [0.2, 0.25) is 0 Å². The van der Waals surface area contributed by atoms with Crippen molar-refractivity contribution in [3.05, 3.63) is 60.8 Å². The van der Waals surface area contributed by atoms with Gasteiger partial charge in [-0.1, -0.05) is 30.3 Å². The molecule has 1 amide bonds. The number of piperazine rings is 1. The molecule has 1 aromatic heterocycles. The number of methoxy groups -OCH3 is 1. The number of carbonyl (C=O) groups excluding carboxylic acids is 1. The Morgan fingerprint density at radius 2 is 1.68 bits per heavy atom. The first kappa shape index (κ1) is 20.8. The van der Waals surface area contributed by atoms with Crippen LogP contribution >= 0.6 is 0 Å². The van der Waals surface area contributed by atoms with E-state index < -0.39 is 0 Å². The van der Waals surface area contributed by atoms with Crippen molar-refractivity contribution in [3.63, 3.8) is 0 Å². The molecule has 0 spiro atoms. The number of benzene rings is 2. The molecule has 0 radical (unpaired) electrons. The third kappa shape index (κ3) is 4.66. The van der Waals surface area contributed by atoms with Crippen LogP contribution in [0, 0.1) is 0 Å². The Hall–Kier alpha value is -3.48. The van der Waals surface area contributed by atoms with Gasteiger partial charge in [0.05, 0.1) is 7.11 Å². The maximum Gasteiger partial charge on any atom is 0.244 e. The van der Waals surface area contributed by atoms with Crippen molar-refractivity contribution in [2.24, 2.45) is 0 Å². The molecule has 4 rings (SSSR count). The minimum atomic E-state index is 0.0989. The fourth-order valence-corrected chi connectivity index (χ4v) is 3.89. The summed E-state index contributed by atoms with van der Waals surface area (Å²) in [7, 11) is 5.58. The van der Waals surface area contributed by atoms with Gasteiger partial charge in [-0.05, 0) is 29.8 Å². The molecule has 1 aliphatic heterocycles.